The second kappa shape index (κ2) is 6.85. The van der Waals surface area contributed by atoms with Crippen LogP contribution in [-0.4, -0.2) is 25.0 Å². The van der Waals surface area contributed by atoms with Crippen molar-refractivity contribution >= 4 is 5.91 Å². The molecule has 0 aromatic rings. The van der Waals surface area contributed by atoms with Crippen molar-refractivity contribution in [2.75, 3.05) is 13.1 Å². The summed E-state index contributed by atoms with van der Waals surface area (Å²) < 4.78 is 0. The highest BCUT2D eigenvalue weighted by atomic mass is 16.1. The van der Waals surface area contributed by atoms with Crippen LogP contribution in [0.5, 0.6) is 0 Å². The van der Waals surface area contributed by atoms with Crippen molar-refractivity contribution in [3.05, 3.63) is 12.7 Å². The normalized spacial score (nSPS) is 12.2. The minimum Gasteiger partial charge on any atom is -0.355 e. The maximum absolute atomic E-state index is 11.0. The molecule has 0 spiro atoms. The van der Waals surface area contributed by atoms with Gasteiger partial charge in [-0.1, -0.05) is 13.0 Å². The van der Waals surface area contributed by atoms with E-state index in [1.54, 1.807) is 6.08 Å². The lowest BCUT2D eigenvalue weighted by molar-refractivity contribution is -0.120. The summed E-state index contributed by atoms with van der Waals surface area (Å²) in [4.78, 5) is 11.0. The van der Waals surface area contributed by atoms with Crippen LogP contribution in [0, 0.1) is 0 Å². The minimum absolute atomic E-state index is 0.0468. The van der Waals surface area contributed by atoms with E-state index in [-0.39, 0.29) is 11.9 Å². The molecular weight excluding hydrogens is 152 g/mol. The number of hydrogen-bond acceptors (Lipinski definition) is 2. The smallest absolute Gasteiger partial charge is 0.233 e. The number of carbonyl (C=O) groups excluding carboxylic acids is 1. The molecular formula is C9H18N2O. The fraction of sp³-hybridized carbons (Fsp3) is 0.667. The van der Waals surface area contributed by atoms with Crippen LogP contribution in [0.25, 0.3) is 0 Å². The first-order chi connectivity index (χ1) is 5.70. The third-order valence-corrected chi connectivity index (χ3v) is 1.51. The van der Waals surface area contributed by atoms with Crippen molar-refractivity contribution < 1.29 is 4.79 Å². The van der Waals surface area contributed by atoms with Crippen LogP contribution in [-0.2, 0) is 4.79 Å². The zero-order valence-electron chi connectivity index (χ0n) is 7.89. The predicted molar refractivity (Wildman–Crippen MR) is 51.0 cm³/mol. The Morgan fingerprint density at radius 2 is 2.33 bits per heavy atom. The van der Waals surface area contributed by atoms with Gasteiger partial charge < -0.3 is 10.6 Å². The summed E-state index contributed by atoms with van der Waals surface area (Å²) in [5.74, 6) is 0.0468. The molecule has 0 fully saturated rings. The van der Waals surface area contributed by atoms with Gasteiger partial charge in [0.05, 0.1) is 6.54 Å². The summed E-state index contributed by atoms with van der Waals surface area (Å²) in [5.41, 5.74) is 0. The molecule has 0 rings (SSSR count). The number of nitrogens with one attached hydrogen (secondary N) is 2. The quantitative estimate of drug-likeness (QED) is 0.575. The van der Waals surface area contributed by atoms with Crippen LogP contribution in [0.1, 0.15) is 20.3 Å². The SMILES string of the molecule is C=CC(C)NCC(=O)NCCC. The third kappa shape index (κ3) is 5.92. The Bertz CT molecular complexity index is 145. The Balaban J connectivity index is 3.36. The number of rotatable bonds is 6. The lowest BCUT2D eigenvalue weighted by Gasteiger charge is -2.08. The molecule has 1 atom stereocenters. The van der Waals surface area contributed by atoms with E-state index in [1.165, 1.54) is 0 Å². The van der Waals surface area contributed by atoms with Gasteiger partial charge in [0.1, 0.15) is 0 Å². The second-order valence-corrected chi connectivity index (χ2v) is 2.76. The van der Waals surface area contributed by atoms with E-state index >= 15 is 0 Å². The molecule has 0 aliphatic carbocycles. The van der Waals surface area contributed by atoms with Crippen molar-refractivity contribution in [1.29, 1.82) is 0 Å². The standard InChI is InChI=1S/C9H18N2O/c1-4-6-10-9(12)7-11-8(3)5-2/h5,8,11H,2,4,6-7H2,1,3H3,(H,10,12). The number of amides is 1. The molecule has 0 bridgehead atoms. The third-order valence-electron chi connectivity index (χ3n) is 1.51. The maximum Gasteiger partial charge on any atom is 0.233 e. The second-order valence-electron chi connectivity index (χ2n) is 2.76. The monoisotopic (exact) mass is 170 g/mol. The first-order valence-electron chi connectivity index (χ1n) is 4.33. The average molecular weight is 170 g/mol. The average Bonchev–Trinajstić information content (AvgIpc) is 2.10. The summed E-state index contributed by atoms with van der Waals surface area (Å²) in [5, 5.41) is 5.79. The Morgan fingerprint density at radius 3 is 2.83 bits per heavy atom. The highest BCUT2D eigenvalue weighted by Gasteiger charge is 2.00. The topological polar surface area (TPSA) is 41.1 Å². The van der Waals surface area contributed by atoms with Crippen molar-refractivity contribution in [2.24, 2.45) is 0 Å². The summed E-state index contributed by atoms with van der Waals surface area (Å²) in [6.07, 6.45) is 2.75. The van der Waals surface area contributed by atoms with Crippen molar-refractivity contribution in [2.45, 2.75) is 26.3 Å². The lowest BCUT2D eigenvalue weighted by Crippen LogP contribution is -2.37. The van der Waals surface area contributed by atoms with E-state index in [1.807, 2.05) is 13.8 Å². The molecule has 1 amide bonds. The molecule has 0 radical (unpaired) electrons. The van der Waals surface area contributed by atoms with Gasteiger partial charge in [0.25, 0.3) is 0 Å². The highest BCUT2D eigenvalue weighted by molar-refractivity contribution is 5.77. The number of carbonyl (C=O) groups is 1. The van der Waals surface area contributed by atoms with E-state index in [4.69, 9.17) is 0 Å². The molecule has 0 aliphatic rings. The molecule has 0 aromatic carbocycles. The predicted octanol–water partition coefficient (Wildman–Crippen LogP) is 0.677. The fourth-order valence-corrected chi connectivity index (χ4v) is 0.664. The highest BCUT2D eigenvalue weighted by Crippen LogP contribution is 1.79. The summed E-state index contributed by atoms with van der Waals surface area (Å²) >= 11 is 0. The molecule has 3 nitrogen and oxygen atoms in total. The van der Waals surface area contributed by atoms with Gasteiger partial charge in [0.2, 0.25) is 5.91 Å². The van der Waals surface area contributed by atoms with Gasteiger partial charge in [0.15, 0.2) is 0 Å². The van der Waals surface area contributed by atoms with Gasteiger partial charge >= 0.3 is 0 Å². The Hall–Kier alpha value is -0.830. The Morgan fingerprint density at radius 1 is 1.67 bits per heavy atom. The molecule has 0 aromatic heterocycles. The van der Waals surface area contributed by atoms with Crippen LogP contribution in [0.3, 0.4) is 0 Å². The molecule has 70 valence electrons. The van der Waals surface area contributed by atoms with Crippen LogP contribution < -0.4 is 10.6 Å². The first-order valence-corrected chi connectivity index (χ1v) is 4.33. The van der Waals surface area contributed by atoms with Gasteiger partial charge in [-0.3, -0.25) is 4.79 Å². The summed E-state index contributed by atoms with van der Waals surface area (Å²) in [6, 6.07) is 0.192. The minimum atomic E-state index is 0.0468. The van der Waals surface area contributed by atoms with E-state index in [9.17, 15) is 4.79 Å². The van der Waals surface area contributed by atoms with Gasteiger partial charge in [-0.15, -0.1) is 6.58 Å². The molecule has 12 heavy (non-hydrogen) atoms. The van der Waals surface area contributed by atoms with E-state index in [0.717, 1.165) is 13.0 Å². The van der Waals surface area contributed by atoms with Crippen LogP contribution in [0.2, 0.25) is 0 Å². The molecule has 0 heterocycles. The molecule has 0 saturated heterocycles. The Labute approximate surface area is 74.2 Å². The lowest BCUT2D eigenvalue weighted by atomic mass is 10.3. The summed E-state index contributed by atoms with van der Waals surface area (Å²) in [6.45, 7) is 8.71. The fourth-order valence-electron chi connectivity index (χ4n) is 0.664. The van der Waals surface area contributed by atoms with Crippen molar-refractivity contribution in [1.82, 2.24) is 10.6 Å². The molecule has 2 N–H and O–H groups in total. The largest absolute Gasteiger partial charge is 0.355 e. The van der Waals surface area contributed by atoms with E-state index in [2.05, 4.69) is 17.2 Å². The zero-order valence-corrected chi connectivity index (χ0v) is 7.89. The van der Waals surface area contributed by atoms with Gasteiger partial charge in [-0.05, 0) is 13.3 Å². The molecule has 0 aliphatic heterocycles. The van der Waals surface area contributed by atoms with Crippen LogP contribution in [0.4, 0.5) is 0 Å². The van der Waals surface area contributed by atoms with Crippen molar-refractivity contribution in [3.63, 3.8) is 0 Å². The van der Waals surface area contributed by atoms with Gasteiger partial charge in [0, 0.05) is 12.6 Å². The molecule has 1 unspecified atom stereocenters. The van der Waals surface area contributed by atoms with Gasteiger partial charge in [-0.25, -0.2) is 0 Å². The van der Waals surface area contributed by atoms with E-state index < -0.39 is 0 Å². The Kier molecular flexibility index (Phi) is 6.38. The van der Waals surface area contributed by atoms with Crippen LogP contribution >= 0.6 is 0 Å². The zero-order chi connectivity index (χ0) is 9.40. The maximum atomic E-state index is 11.0. The van der Waals surface area contributed by atoms with E-state index in [0.29, 0.717) is 6.54 Å². The molecule has 3 heteroatoms. The molecule has 0 saturated carbocycles. The van der Waals surface area contributed by atoms with Gasteiger partial charge in [-0.2, -0.15) is 0 Å². The van der Waals surface area contributed by atoms with Crippen LogP contribution in [0.15, 0.2) is 12.7 Å². The van der Waals surface area contributed by atoms with Crippen molar-refractivity contribution in [3.8, 4) is 0 Å². The number of hydrogen-bond donors (Lipinski definition) is 2. The first kappa shape index (κ1) is 11.2. The summed E-state index contributed by atoms with van der Waals surface area (Å²) in [7, 11) is 0.